The van der Waals surface area contributed by atoms with Crippen LogP contribution in [0.25, 0.3) is 0 Å². The number of nitrogens with two attached hydrogens (primary N) is 1. The molecule has 2 N–H and O–H groups in total. The topological polar surface area (TPSA) is 50.7 Å². The highest BCUT2D eigenvalue weighted by atomic mass is 35.5. The van der Waals surface area contributed by atoms with E-state index in [4.69, 9.17) is 17.3 Å². The lowest BCUT2D eigenvalue weighted by atomic mass is 10.2. The normalized spacial score (nSPS) is 11.8. The van der Waals surface area contributed by atoms with Crippen molar-refractivity contribution in [3.05, 3.63) is 95.0 Å². The van der Waals surface area contributed by atoms with E-state index in [1.807, 2.05) is 66.7 Å². The SMILES string of the molecule is NC(=NN=Cc1ccccc1Sc1ccccc1Cl)SCc1ccccc1. The van der Waals surface area contributed by atoms with Crippen molar-refractivity contribution in [3.63, 3.8) is 0 Å². The van der Waals surface area contributed by atoms with Crippen LogP contribution >= 0.6 is 35.1 Å². The van der Waals surface area contributed by atoms with Gasteiger partial charge in [0.05, 0.1) is 11.2 Å². The number of halogens is 1. The molecule has 0 heterocycles. The predicted molar refractivity (Wildman–Crippen MR) is 119 cm³/mol. The van der Waals surface area contributed by atoms with E-state index in [9.17, 15) is 0 Å². The summed E-state index contributed by atoms with van der Waals surface area (Å²) in [4.78, 5) is 2.06. The first-order valence-corrected chi connectivity index (χ1v) is 10.4. The predicted octanol–water partition coefficient (Wildman–Crippen LogP) is 6.07. The molecule has 3 aromatic rings. The summed E-state index contributed by atoms with van der Waals surface area (Å²) in [6.07, 6.45) is 1.72. The number of amidine groups is 1. The Morgan fingerprint density at radius 2 is 1.56 bits per heavy atom. The van der Waals surface area contributed by atoms with Gasteiger partial charge in [-0.05, 0) is 23.8 Å². The average molecular weight is 412 g/mol. The van der Waals surface area contributed by atoms with Crippen LogP contribution in [-0.4, -0.2) is 11.4 Å². The van der Waals surface area contributed by atoms with Crippen LogP contribution < -0.4 is 5.73 Å². The monoisotopic (exact) mass is 411 g/mol. The first-order chi connectivity index (χ1) is 13.2. The second-order valence-electron chi connectivity index (χ2n) is 5.53. The van der Waals surface area contributed by atoms with Gasteiger partial charge in [-0.3, -0.25) is 0 Å². The van der Waals surface area contributed by atoms with E-state index < -0.39 is 0 Å². The van der Waals surface area contributed by atoms with Gasteiger partial charge in [0.15, 0.2) is 5.17 Å². The lowest BCUT2D eigenvalue weighted by molar-refractivity contribution is 1.24. The van der Waals surface area contributed by atoms with Crippen LogP contribution in [0.15, 0.2) is 98.9 Å². The maximum absolute atomic E-state index is 6.26. The van der Waals surface area contributed by atoms with E-state index in [2.05, 4.69) is 22.3 Å². The largest absolute Gasteiger partial charge is 0.377 e. The maximum atomic E-state index is 6.26. The van der Waals surface area contributed by atoms with Crippen molar-refractivity contribution in [1.82, 2.24) is 0 Å². The number of hydrogen-bond donors (Lipinski definition) is 1. The molecule has 0 saturated carbocycles. The molecule has 0 aromatic heterocycles. The Hall–Kier alpha value is -2.21. The van der Waals surface area contributed by atoms with Crippen molar-refractivity contribution < 1.29 is 0 Å². The molecule has 0 saturated heterocycles. The Labute approximate surface area is 172 Å². The molecule has 3 rings (SSSR count). The van der Waals surface area contributed by atoms with Gasteiger partial charge in [0.1, 0.15) is 0 Å². The van der Waals surface area contributed by atoms with Gasteiger partial charge in [0.25, 0.3) is 0 Å². The van der Waals surface area contributed by atoms with Gasteiger partial charge < -0.3 is 5.73 Å². The number of hydrogen-bond acceptors (Lipinski definition) is 4. The van der Waals surface area contributed by atoms with Crippen LogP contribution in [0.3, 0.4) is 0 Å². The van der Waals surface area contributed by atoms with E-state index in [0.29, 0.717) is 5.17 Å². The summed E-state index contributed by atoms with van der Waals surface area (Å²) in [6.45, 7) is 0. The zero-order valence-corrected chi connectivity index (χ0v) is 16.8. The van der Waals surface area contributed by atoms with E-state index >= 15 is 0 Å². The summed E-state index contributed by atoms with van der Waals surface area (Å²) >= 11 is 9.33. The van der Waals surface area contributed by atoms with E-state index in [-0.39, 0.29) is 0 Å². The summed E-state index contributed by atoms with van der Waals surface area (Å²) in [5.74, 6) is 0.768. The Morgan fingerprint density at radius 1 is 0.889 bits per heavy atom. The van der Waals surface area contributed by atoms with Crippen molar-refractivity contribution in [1.29, 1.82) is 0 Å². The molecule has 0 aliphatic carbocycles. The molecule has 0 amide bonds. The second kappa shape index (κ2) is 10.2. The molecule has 0 spiro atoms. The number of rotatable bonds is 6. The highest BCUT2D eigenvalue weighted by molar-refractivity contribution is 8.13. The molecular formula is C21H18ClN3S2. The molecule has 3 aromatic carbocycles. The highest BCUT2D eigenvalue weighted by Gasteiger charge is 2.05. The minimum Gasteiger partial charge on any atom is -0.377 e. The smallest absolute Gasteiger partial charge is 0.180 e. The Kier molecular flexibility index (Phi) is 7.39. The quantitative estimate of drug-likeness (QED) is 0.304. The molecular weight excluding hydrogens is 394 g/mol. The summed E-state index contributed by atoms with van der Waals surface area (Å²) in [5, 5.41) is 9.41. The van der Waals surface area contributed by atoms with Crippen LogP contribution in [0.5, 0.6) is 0 Å². The average Bonchev–Trinajstić information content (AvgIpc) is 2.70. The van der Waals surface area contributed by atoms with Crippen LogP contribution in [0.4, 0.5) is 0 Å². The summed E-state index contributed by atoms with van der Waals surface area (Å²) in [7, 11) is 0. The fourth-order valence-electron chi connectivity index (χ4n) is 2.23. The van der Waals surface area contributed by atoms with Crippen LogP contribution in [0, 0.1) is 0 Å². The standard InChI is InChI=1S/C21H18ClN3S2/c22-18-11-5-7-13-20(18)27-19-12-6-4-10-17(19)14-24-25-21(23)26-15-16-8-2-1-3-9-16/h1-14H,15H2,(H2,23,25). The van der Waals surface area contributed by atoms with Crippen molar-refractivity contribution in [2.75, 3.05) is 0 Å². The molecule has 0 aliphatic heterocycles. The van der Waals surface area contributed by atoms with Crippen molar-refractivity contribution in [2.45, 2.75) is 15.5 Å². The molecule has 27 heavy (non-hydrogen) atoms. The molecule has 6 heteroatoms. The zero-order valence-electron chi connectivity index (χ0n) is 14.5. The van der Waals surface area contributed by atoms with Crippen LogP contribution in [0.1, 0.15) is 11.1 Å². The van der Waals surface area contributed by atoms with E-state index in [1.165, 1.54) is 17.3 Å². The van der Waals surface area contributed by atoms with E-state index in [1.54, 1.807) is 18.0 Å². The zero-order chi connectivity index (χ0) is 18.9. The van der Waals surface area contributed by atoms with Crippen LogP contribution in [0.2, 0.25) is 5.02 Å². The summed E-state index contributed by atoms with van der Waals surface area (Å²) in [6, 6.07) is 25.9. The lowest BCUT2D eigenvalue weighted by Crippen LogP contribution is -2.06. The maximum Gasteiger partial charge on any atom is 0.180 e. The van der Waals surface area contributed by atoms with Gasteiger partial charge in [-0.15, -0.1) is 5.10 Å². The summed E-state index contributed by atoms with van der Waals surface area (Å²) in [5.41, 5.74) is 8.11. The van der Waals surface area contributed by atoms with E-state index in [0.717, 1.165) is 26.1 Å². The van der Waals surface area contributed by atoms with Gasteiger partial charge >= 0.3 is 0 Å². The number of benzene rings is 3. The van der Waals surface area contributed by atoms with Crippen LogP contribution in [-0.2, 0) is 5.75 Å². The fourth-order valence-corrected chi connectivity index (χ4v) is 4.03. The molecule has 0 aliphatic rings. The first kappa shape index (κ1) is 19.5. The summed E-state index contributed by atoms with van der Waals surface area (Å²) < 4.78 is 0. The van der Waals surface area contributed by atoms with Crippen molar-refractivity contribution >= 4 is 46.5 Å². The van der Waals surface area contributed by atoms with Gasteiger partial charge in [0.2, 0.25) is 0 Å². The molecule has 0 radical (unpaired) electrons. The lowest BCUT2D eigenvalue weighted by Gasteiger charge is -2.06. The van der Waals surface area contributed by atoms with Gasteiger partial charge in [0, 0.05) is 21.1 Å². The van der Waals surface area contributed by atoms with Gasteiger partial charge in [-0.1, -0.05) is 95.8 Å². The molecule has 136 valence electrons. The third kappa shape index (κ3) is 6.17. The highest BCUT2D eigenvalue weighted by Crippen LogP contribution is 2.34. The minimum atomic E-state index is 0.436. The van der Waals surface area contributed by atoms with Gasteiger partial charge in [-0.25, -0.2) is 0 Å². The number of thioether (sulfide) groups is 1. The minimum absolute atomic E-state index is 0.436. The molecule has 3 nitrogen and oxygen atoms in total. The first-order valence-electron chi connectivity index (χ1n) is 8.27. The molecule has 0 atom stereocenters. The van der Waals surface area contributed by atoms with Crippen molar-refractivity contribution in [2.24, 2.45) is 15.9 Å². The number of nitrogens with zero attached hydrogens (tertiary/aromatic N) is 2. The third-order valence-corrected chi connectivity index (χ3v) is 6.02. The molecule has 0 fully saturated rings. The Morgan fingerprint density at radius 3 is 2.33 bits per heavy atom. The molecule has 0 bridgehead atoms. The van der Waals surface area contributed by atoms with Crippen molar-refractivity contribution in [3.8, 4) is 0 Å². The van der Waals surface area contributed by atoms with Gasteiger partial charge in [-0.2, -0.15) is 5.10 Å². The third-order valence-electron chi connectivity index (χ3n) is 3.56. The Bertz CT molecular complexity index is 943. The fraction of sp³-hybridized carbons (Fsp3) is 0.0476. The second-order valence-corrected chi connectivity index (χ2v) is 8.01. The Balaban J connectivity index is 1.65. The molecule has 0 unspecified atom stereocenters.